The first kappa shape index (κ1) is 14.8. The van der Waals surface area contributed by atoms with Gasteiger partial charge in [-0.25, -0.2) is 9.59 Å². The maximum absolute atomic E-state index is 12.0. The summed E-state index contributed by atoms with van der Waals surface area (Å²) in [5.41, 5.74) is -0.554. The molecule has 5 heteroatoms. The molecular formula is C13H23NO4. The second-order valence-electron chi connectivity index (χ2n) is 5.60. The minimum Gasteiger partial charge on any atom is -0.467 e. The number of methoxy groups -OCH3 is 1. The average molecular weight is 257 g/mol. The predicted octanol–water partition coefficient (Wildman–Crippen LogP) is 2.20. The number of carbonyl (C=O) groups is 2. The number of esters is 1. The van der Waals surface area contributed by atoms with Crippen molar-refractivity contribution in [2.75, 3.05) is 13.7 Å². The zero-order valence-electron chi connectivity index (χ0n) is 11.9. The molecule has 104 valence electrons. The van der Waals surface area contributed by atoms with E-state index >= 15 is 0 Å². The molecule has 0 saturated carbocycles. The number of amides is 1. The molecule has 0 aliphatic carbocycles. The van der Waals surface area contributed by atoms with Gasteiger partial charge in [0.1, 0.15) is 11.6 Å². The molecule has 1 aliphatic heterocycles. The Kier molecular flexibility index (Phi) is 4.59. The van der Waals surface area contributed by atoms with Gasteiger partial charge in [0.2, 0.25) is 0 Å². The summed E-state index contributed by atoms with van der Waals surface area (Å²) in [5, 5.41) is 0. The zero-order valence-corrected chi connectivity index (χ0v) is 11.9. The standard InChI is InChI=1S/C13H23NO4/c1-6-9-7-8-14(10(9)11(15)17-5)12(16)18-13(2,3)4/h9-10H,6-8H2,1-5H3. The van der Waals surface area contributed by atoms with E-state index in [0.29, 0.717) is 6.54 Å². The number of carbonyl (C=O) groups excluding carboxylic acids is 2. The van der Waals surface area contributed by atoms with Gasteiger partial charge in [-0.2, -0.15) is 0 Å². The van der Waals surface area contributed by atoms with E-state index in [1.54, 1.807) is 0 Å². The van der Waals surface area contributed by atoms with Crippen LogP contribution in [0.5, 0.6) is 0 Å². The fraction of sp³-hybridized carbons (Fsp3) is 0.846. The SMILES string of the molecule is CCC1CCN(C(=O)OC(C)(C)C)C1C(=O)OC. The van der Waals surface area contributed by atoms with Crippen molar-refractivity contribution in [2.45, 2.75) is 52.2 Å². The first-order chi connectivity index (χ1) is 8.30. The highest BCUT2D eigenvalue weighted by atomic mass is 16.6. The van der Waals surface area contributed by atoms with Gasteiger partial charge in [0.25, 0.3) is 0 Å². The highest BCUT2D eigenvalue weighted by Gasteiger charge is 2.43. The van der Waals surface area contributed by atoms with Crippen LogP contribution in [-0.4, -0.2) is 42.3 Å². The van der Waals surface area contributed by atoms with Crippen LogP contribution >= 0.6 is 0 Å². The summed E-state index contributed by atoms with van der Waals surface area (Å²) in [6.07, 6.45) is 1.23. The first-order valence-electron chi connectivity index (χ1n) is 6.37. The van der Waals surface area contributed by atoms with Gasteiger partial charge in [-0.1, -0.05) is 13.3 Å². The van der Waals surface area contributed by atoms with Crippen molar-refractivity contribution in [1.29, 1.82) is 0 Å². The smallest absolute Gasteiger partial charge is 0.411 e. The van der Waals surface area contributed by atoms with Gasteiger partial charge in [0.05, 0.1) is 7.11 Å². The fourth-order valence-corrected chi connectivity index (χ4v) is 2.25. The molecule has 0 radical (unpaired) electrons. The van der Waals surface area contributed by atoms with Crippen LogP contribution in [0.15, 0.2) is 0 Å². The maximum atomic E-state index is 12.0. The Morgan fingerprint density at radius 1 is 1.33 bits per heavy atom. The third kappa shape index (κ3) is 3.37. The van der Waals surface area contributed by atoms with E-state index in [2.05, 4.69) is 0 Å². The van der Waals surface area contributed by atoms with E-state index in [1.165, 1.54) is 12.0 Å². The second-order valence-corrected chi connectivity index (χ2v) is 5.60. The molecule has 5 nitrogen and oxygen atoms in total. The van der Waals surface area contributed by atoms with Crippen LogP contribution in [0, 0.1) is 5.92 Å². The van der Waals surface area contributed by atoms with E-state index in [9.17, 15) is 9.59 Å². The van der Waals surface area contributed by atoms with Crippen LogP contribution in [0.1, 0.15) is 40.5 Å². The number of hydrogen-bond acceptors (Lipinski definition) is 4. The first-order valence-corrected chi connectivity index (χ1v) is 6.37. The summed E-state index contributed by atoms with van der Waals surface area (Å²) >= 11 is 0. The number of likely N-dealkylation sites (tertiary alicyclic amines) is 1. The normalized spacial score (nSPS) is 23.9. The number of rotatable bonds is 2. The van der Waals surface area contributed by atoms with E-state index in [-0.39, 0.29) is 11.9 Å². The summed E-state index contributed by atoms with van der Waals surface area (Å²) in [6, 6.07) is -0.505. The molecule has 1 heterocycles. The van der Waals surface area contributed by atoms with Crippen molar-refractivity contribution < 1.29 is 19.1 Å². The molecule has 1 saturated heterocycles. The second kappa shape index (κ2) is 5.59. The highest BCUT2D eigenvalue weighted by Crippen LogP contribution is 2.29. The van der Waals surface area contributed by atoms with Crippen LogP contribution in [0.3, 0.4) is 0 Å². The monoisotopic (exact) mass is 257 g/mol. The average Bonchev–Trinajstić information content (AvgIpc) is 2.69. The van der Waals surface area contributed by atoms with Crippen molar-refractivity contribution in [3.63, 3.8) is 0 Å². The van der Waals surface area contributed by atoms with Crippen LogP contribution in [-0.2, 0) is 14.3 Å². The van der Waals surface area contributed by atoms with E-state index in [0.717, 1.165) is 12.8 Å². The Bertz CT molecular complexity index is 321. The minimum absolute atomic E-state index is 0.157. The zero-order chi connectivity index (χ0) is 13.9. The topological polar surface area (TPSA) is 55.8 Å². The molecule has 1 fully saturated rings. The van der Waals surface area contributed by atoms with Gasteiger partial charge >= 0.3 is 12.1 Å². The summed E-state index contributed by atoms with van der Waals surface area (Å²) < 4.78 is 10.1. The number of nitrogens with zero attached hydrogens (tertiary/aromatic N) is 1. The molecule has 18 heavy (non-hydrogen) atoms. The van der Waals surface area contributed by atoms with E-state index in [4.69, 9.17) is 9.47 Å². The lowest BCUT2D eigenvalue weighted by Crippen LogP contribution is -2.46. The molecule has 1 aliphatic rings. The minimum atomic E-state index is -0.554. The van der Waals surface area contributed by atoms with Crippen molar-refractivity contribution in [2.24, 2.45) is 5.92 Å². The molecule has 0 N–H and O–H groups in total. The van der Waals surface area contributed by atoms with Crippen LogP contribution in [0.25, 0.3) is 0 Å². The van der Waals surface area contributed by atoms with Crippen molar-refractivity contribution in [3.05, 3.63) is 0 Å². The van der Waals surface area contributed by atoms with Gasteiger partial charge in [0, 0.05) is 6.54 Å². The van der Waals surface area contributed by atoms with Crippen LogP contribution < -0.4 is 0 Å². The lowest BCUT2D eigenvalue weighted by molar-refractivity contribution is -0.147. The molecule has 1 amide bonds. The van der Waals surface area contributed by atoms with E-state index in [1.807, 2.05) is 27.7 Å². The van der Waals surface area contributed by atoms with Crippen molar-refractivity contribution >= 4 is 12.1 Å². The maximum Gasteiger partial charge on any atom is 0.411 e. The molecule has 1 rings (SSSR count). The van der Waals surface area contributed by atoms with Crippen molar-refractivity contribution in [3.8, 4) is 0 Å². The van der Waals surface area contributed by atoms with Gasteiger partial charge < -0.3 is 9.47 Å². The fourth-order valence-electron chi connectivity index (χ4n) is 2.25. The van der Waals surface area contributed by atoms with Gasteiger partial charge in [-0.15, -0.1) is 0 Å². The molecular weight excluding hydrogens is 234 g/mol. The lowest BCUT2D eigenvalue weighted by Gasteiger charge is -2.28. The molecule has 0 aromatic rings. The Balaban J connectivity index is 2.81. The molecule has 2 atom stereocenters. The van der Waals surface area contributed by atoms with Gasteiger partial charge in [-0.3, -0.25) is 4.90 Å². The summed E-state index contributed by atoms with van der Waals surface area (Å²) in [5.74, 6) is -0.199. The summed E-state index contributed by atoms with van der Waals surface area (Å²) in [4.78, 5) is 25.3. The Morgan fingerprint density at radius 2 is 1.94 bits per heavy atom. The highest BCUT2D eigenvalue weighted by molar-refractivity contribution is 5.82. The quantitative estimate of drug-likeness (QED) is 0.712. The van der Waals surface area contributed by atoms with Gasteiger partial charge in [-0.05, 0) is 33.1 Å². The van der Waals surface area contributed by atoms with Crippen molar-refractivity contribution in [1.82, 2.24) is 4.90 Å². The molecule has 0 spiro atoms. The predicted molar refractivity (Wildman–Crippen MR) is 67.1 cm³/mol. The largest absolute Gasteiger partial charge is 0.467 e. The van der Waals surface area contributed by atoms with E-state index < -0.39 is 17.7 Å². The Morgan fingerprint density at radius 3 is 2.39 bits per heavy atom. The summed E-state index contributed by atoms with van der Waals surface area (Å²) in [7, 11) is 1.35. The summed E-state index contributed by atoms with van der Waals surface area (Å²) in [6.45, 7) is 7.99. The third-order valence-electron chi connectivity index (χ3n) is 3.12. The van der Waals surface area contributed by atoms with Gasteiger partial charge in [0.15, 0.2) is 0 Å². The van der Waals surface area contributed by atoms with Crippen LogP contribution in [0.2, 0.25) is 0 Å². The van der Waals surface area contributed by atoms with Crippen LogP contribution in [0.4, 0.5) is 4.79 Å². The third-order valence-corrected chi connectivity index (χ3v) is 3.12. The Hall–Kier alpha value is -1.26. The molecule has 0 aromatic carbocycles. The number of ether oxygens (including phenoxy) is 2. The number of hydrogen-bond donors (Lipinski definition) is 0. The molecule has 0 bridgehead atoms. The Labute approximate surface area is 108 Å². The lowest BCUT2D eigenvalue weighted by atomic mass is 9.98. The molecule has 2 unspecified atom stereocenters. The molecule has 0 aromatic heterocycles.